The van der Waals surface area contributed by atoms with Crippen LogP contribution in [0.4, 0.5) is 5.69 Å². The summed E-state index contributed by atoms with van der Waals surface area (Å²) >= 11 is 0. The van der Waals surface area contributed by atoms with E-state index in [1.165, 1.54) is 0 Å². The number of rotatable bonds is 5. The number of pyridine rings is 2. The zero-order valence-electron chi connectivity index (χ0n) is 15.9. The van der Waals surface area contributed by atoms with Crippen LogP contribution in [0.2, 0.25) is 0 Å². The van der Waals surface area contributed by atoms with Crippen LogP contribution in [0, 0.1) is 0 Å². The maximum absolute atomic E-state index is 5.44. The maximum atomic E-state index is 5.44. The van der Waals surface area contributed by atoms with E-state index < -0.39 is 0 Å². The smallest absolute Gasteiger partial charge is 0.178 e. The van der Waals surface area contributed by atoms with Gasteiger partial charge in [-0.2, -0.15) is 9.61 Å². The Morgan fingerprint density at radius 2 is 2.17 bits per heavy atom. The Kier molecular flexibility index (Phi) is 4.15. The van der Waals surface area contributed by atoms with Crippen molar-refractivity contribution in [2.45, 2.75) is 26.0 Å². The number of hydrogen-bond donors (Lipinski definition) is 1. The molecule has 0 spiro atoms. The molecule has 5 heterocycles. The average Bonchev–Trinajstić information content (AvgIpc) is 3.37. The lowest BCUT2D eigenvalue weighted by Crippen LogP contribution is -2.10. The van der Waals surface area contributed by atoms with Crippen LogP contribution in [-0.2, 0) is 11.4 Å². The predicted octanol–water partition coefficient (Wildman–Crippen LogP) is 2.53. The molecule has 4 aromatic rings. The number of fused-ring (bicyclic) bond motifs is 2. The van der Waals surface area contributed by atoms with Crippen molar-refractivity contribution >= 4 is 28.1 Å². The fourth-order valence-electron chi connectivity index (χ4n) is 3.22. The van der Waals surface area contributed by atoms with E-state index in [9.17, 15) is 0 Å². The summed E-state index contributed by atoms with van der Waals surface area (Å²) in [6.07, 6.45) is 3.95. The van der Waals surface area contributed by atoms with Crippen LogP contribution < -0.4 is 10.1 Å². The van der Waals surface area contributed by atoms with Gasteiger partial charge in [-0.15, -0.1) is 10.2 Å². The van der Waals surface area contributed by atoms with Crippen molar-refractivity contribution in [1.29, 1.82) is 0 Å². The first-order chi connectivity index (χ1) is 14.2. The molecule has 0 amide bonds. The number of nitrogens with zero attached hydrogens (tertiary/aromatic N) is 7. The van der Waals surface area contributed by atoms with Gasteiger partial charge in [-0.25, -0.2) is 4.98 Å². The quantitative estimate of drug-likeness (QED) is 0.553. The molecule has 0 radical (unpaired) electrons. The number of nitrogens with one attached hydrogen (secondary N) is 1. The van der Waals surface area contributed by atoms with Gasteiger partial charge in [0, 0.05) is 18.7 Å². The minimum absolute atomic E-state index is 0.175. The lowest BCUT2D eigenvalue weighted by atomic mass is 10.1. The SMILES string of the molecule is COc1cnc2c(NCc3nnc4ccc(C5CC(C)=NO5)nn34)ccnc2c1. The standard InChI is InChI=1S/C19H18N8O2/c1-11-7-16(29-26-11)13-3-4-17-23-24-18(27(17)25-13)10-21-14-5-6-20-15-8-12(28-2)9-22-19(14)15/h3-6,8-9,16H,7,10H2,1-2H3,(H,20,21). The van der Waals surface area contributed by atoms with Gasteiger partial charge in [-0.05, 0) is 25.1 Å². The van der Waals surface area contributed by atoms with E-state index in [1.807, 2.05) is 31.2 Å². The lowest BCUT2D eigenvalue weighted by Gasteiger charge is -2.10. The van der Waals surface area contributed by atoms with Crippen molar-refractivity contribution in [3.8, 4) is 5.75 Å². The Morgan fingerprint density at radius 3 is 3.00 bits per heavy atom. The van der Waals surface area contributed by atoms with Crippen LogP contribution in [0.15, 0.2) is 41.8 Å². The van der Waals surface area contributed by atoms with Crippen molar-refractivity contribution in [3.05, 3.63) is 48.2 Å². The highest BCUT2D eigenvalue weighted by atomic mass is 16.6. The molecule has 10 nitrogen and oxygen atoms in total. The van der Waals surface area contributed by atoms with Gasteiger partial charge in [-0.1, -0.05) is 5.16 Å². The topological polar surface area (TPSA) is 112 Å². The lowest BCUT2D eigenvalue weighted by molar-refractivity contribution is 0.0816. The first-order valence-electron chi connectivity index (χ1n) is 9.14. The first-order valence-corrected chi connectivity index (χ1v) is 9.14. The fraction of sp³-hybridized carbons (Fsp3) is 0.263. The summed E-state index contributed by atoms with van der Waals surface area (Å²) in [6.45, 7) is 2.36. The van der Waals surface area contributed by atoms with E-state index in [4.69, 9.17) is 9.57 Å². The highest BCUT2D eigenvalue weighted by Crippen LogP contribution is 2.26. The third kappa shape index (κ3) is 3.18. The first kappa shape index (κ1) is 17.3. The third-order valence-corrected chi connectivity index (χ3v) is 4.72. The summed E-state index contributed by atoms with van der Waals surface area (Å²) in [6, 6.07) is 7.50. The van der Waals surface area contributed by atoms with Crippen LogP contribution in [0.1, 0.15) is 31.0 Å². The average molecular weight is 390 g/mol. The summed E-state index contributed by atoms with van der Waals surface area (Å²) in [5.41, 5.74) is 4.76. The van der Waals surface area contributed by atoms with Gasteiger partial charge in [0.05, 0.1) is 36.8 Å². The summed E-state index contributed by atoms with van der Waals surface area (Å²) < 4.78 is 6.94. The van der Waals surface area contributed by atoms with E-state index in [1.54, 1.807) is 24.0 Å². The highest BCUT2D eigenvalue weighted by Gasteiger charge is 2.22. The van der Waals surface area contributed by atoms with Crippen molar-refractivity contribution in [2.75, 3.05) is 12.4 Å². The molecule has 0 bridgehead atoms. The second-order valence-corrected chi connectivity index (χ2v) is 6.72. The molecule has 10 heteroatoms. The normalized spacial score (nSPS) is 16.1. The van der Waals surface area contributed by atoms with Crippen molar-refractivity contribution in [3.63, 3.8) is 0 Å². The van der Waals surface area contributed by atoms with Crippen molar-refractivity contribution in [2.24, 2.45) is 5.16 Å². The Hall–Kier alpha value is -3.82. The molecule has 5 rings (SSSR count). The van der Waals surface area contributed by atoms with Crippen molar-refractivity contribution < 1.29 is 9.57 Å². The van der Waals surface area contributed by atoms with E-state index >= 15 is 0 Å². The van der Waals surface area contributed by atoms with Crippen molar-refractivity contribution in [1.82, 2.24) is 29.8 Å². The number of methoxy groups -OCH3 is 1. The zero-order valence-corrected chi connectivity index (χ0v) is 15.9. The van der Waals surface area contributed by atoms with Crippen LogP contribution in [0.25, 0.3) is 16.7 Å². The van der Waals surface area contributed by atoms with Crippen LogP contribution in [0.5, 0.6) is 5.75 Å². The van der Waals surface area contributed by atoms with E-state index in [2.05, 4.69) is 35.7 Å². The molecule has 0 saturated carbocycles. The Bertz CT molecular complexity index is 1240. The van der Waals surface area contributed by atoms with E-state index in [0.717, 1.165) is 34.5 Å². The molecule has 1 atom stereocenters. The molecule has 0 aliphatic carbocycles. The Morgan fingerprint density at radius 1 is 1.24 bits per heavy atom. The number of oxime groups is 1. The number of ether oxygens (including phenoxy) is 1. The van der Waals surface area contributed by atoms with Crippen LogP contribution in [-0.4, -0.2) is 42.6 Å². The minimum Gasteiger partial charge on any atom is -0.495 e. The summed E-state index contributed by atoms with van der Waals surface area (Å²) in [5.74, 6) is 1.34. The molecule has 1 aliphatic heterocycles. The fourth-order valence-corrected chi connectivity index (χ4v) is 3.22. The molecule has 0 fully saturated rings. The molecular formula is C19H18N8O2. The highest BCUT2D eigenvalue weighted by molar-refractivity contribution is 5.87. The van der Waals surface area contributed by atoms with Crippen LogP contribution in [0.3, 0.4) is 0 Å². The molecular weight excluding hydrogens is 372 g/mol. The molecule has 146 valence electrons. The second-order valence-electron chi connectivity index (χ2n) is 6.72. The molecule has 0 saturated heterocycles. The van der Waals surface area contributed by atoms with Gasteiger partial charge in [0.15, 0.2) is 17.6 Å². The van der Waals surface area contributed by atoms with Gasteiger partial charge >= 0.3 is 0 Å². The zero-order chi connectivity index (χ0) is 19.8. The maximum Gasteiger partial charge on any atom is 0.178 e. The molecule has 1 unspecified atom stereocenters. The van der Waals surface area contributed by atoms with Gasteiger partial charge in [0.25, 0.3) is 0 Å². The monoisotopic (exact) mass is 390 g/mol. The number of hydrogen-bond acceptors (Lipinski definition) is 9. The Balaban J connectivity index is 1.41. The minimum atomic E-state index is -0.175. The number of anilines is 1. The molecule has 29 heavy (non-hydrogen) atoms. The van der Waals surface area contributed by atoms with Gasteiger partial charge in [-0.3, -0.25) is 4.98 Å². The van der Waals surface area contributed by atoms with Crippen LogP contribution >= 0.6 is 0 Å². The summed E-state index contributed by atoms with van der Waals surface area (Å²) in [4.78, 5) is 14.2. The second kappa shape index (κ2) is 6.97. The van der Waals surface area contributed by atoms with Gasteiger partial charge in [0.1, 0.15) is 17.0 Å². The molecule has 0 aromatic carbocycles. The predicted molar refractivity (Wildman–Crippen MR) is 106 cm³/mol. The van der Waals surface area contributed by atoms with E-state index in [0.29, 0.717) is 23.8 Å². The number of aromatic nitrogens is 6. The summed E-state index contributed by atoms with van der Waals surface area (Å²) in [7, 11) is 1.60. The van der Waals surface area contributed by atoms with Gasteiger partial charge in [0.2, 0.25) is 0 Å². The molecule has 1 N–H and O–H groups in total. The van der Waals surface area contributed by atoms with Gasteiger partial charge < -0.3 is 14.9 Å². The molecule has 4 aromatic heterocycles. The Labute approximate surface area is 165 Å². The third-order valence-electron chi connectivity index (χ3n) is 4.72. The van der Waals surface area contributed by atoms with E-state index in [-0.39, 0.29) is 6.10 Å². The largest absolute Gasteiger partial charge is 0.495 e. The summed E-state index contributed by atoms with van der Waals surface area (Å²) in [5, 5.41) is 20.5. The molecule has 1 aliphatic rings.